The molecular weight excluding hydrogens is 419 g/mol. The topological polar surface area (TPSA) is 76.3 Å². The summed E-state index contributed by atoms with van der Waals surface area (Å²) in [5.41, 5.74) is 1.33. The first-order valence-electron chi connectivity index (χ1n) is 8.51. The summed E-state index contributed by atoms with van der Waals surface area (Å²) in [4.78, 5) is 11.7. The molecule has 0 saturated carbocycles. The molecule has 1 aromatic heterocycles. The molecule has 0 atom stereocenters. The Morgan fingerprint density at radius 1 is 1.07 bits per heavy atom. The van der Waals surface area contributed by atoms with Crippen LogP contribution in [-0.4, -0.2) is 20.9 Å². The smallest absolute Gasteiger partial charge is 0.332 e. The van der Waals surface area contributed by atoms with Crippen LogP contribution in [0.3, 0.4) is 0 Å². The van der Waals surface area contributed by atoms with Crippen LogP contribution in [0, 0.1) is 0 Å². The van der Waals surface area contributed by atoms with Crippen LogP contribution >= 0.6 is 11.6 Å². The van der Waals surface area contributed by atoms with Crippen LogP contribution in [-0.2, 0) is 21.6 Å². The molecule has 1 N–H and O–H groups in total. The monoisotopic (exact) mass is 435 g/mol. The molecule has 0 saturated heterocycles. The van der Waals surface area contributed by atoms with Crippen LogP contribution in [0.4, 0.5) is 9.57 Å². The number of hydrogen-bond acceptors (Lipinski definition) is 4. The van der Waals surface area contributed by atoms with Crippen molar-refractivity contribution in [2.75, 3.05) is 11.9 Å². The van der Waals surface area contributed by atoms with Gasteiger partial charge in [0, 0.05) is 11.6 Å². The molecule has 0 aliphatic carbocycles. The van der Waals surface area contributed by atoms with Crippen molar-refractivity contribution in [3.63, 3.8) is 0 Å². The molecule has 3 rings (SSSR count). The molecule has 1 amide bonds. The molecule has 0 aliphatic rings. The average Bonchev–Trinajstić information content (AvgIpc) is 2.67. The Morgan fingerprint density at radius 3 is 2.48 bits per heavy atom. The maximum Gasteiger partial charge on any atom is 0.332 e. The van der Waals surface area contributed by atoms with Gasteiger partial charge in [-0.05, 0) is 30.3 Å². The van der Waals surface area contributed by atoms with Gasteiger partial charge < -0.3 is 10.1 Å². The van der Waals surface area contributed by atoms with E-state index in [4.69, 9.17) is 16.3 Å². The predicted octanol–water partition coefficient (Wildman–Crippen LogP) is 3.35. The molecule has 6 nitrogen and oxygen atoms in total. The number of para-hydroxylation sites is 1. The number of ether oxygens (including phenoxy) is 1. The number of carbonyl (C=O) groups is 1. The molecule has 9 heteroatoms. The number of hydrogen-bond donors (Lipinski definition) is 1. The lowest BCUT2D eigenvalue weighted by atomic mass is 10.2. The van der Waals surface area contributed by atoms with Crippen LogP contribution in [0.1, 0.15) is 5.56 Å². The molecule has 1 heterocycles. The first-order chi connectivity index (χ1) is 13.8. The van der Waals surface area contributed by atoms with Gasteiger partial charge in [-0.15, -0.1) is 3.89 Å². The minimum atomic E-state index is -4.72. The first kappa shape index (κ1) is 20.8. The fourth-order valence-corrected chi connectivity index (χ4v) is 3.22. The number of amides is 1. The van der Waals surface area contributed by atoms with Crippen LogP contribution < -0.4 is 14.6 Å². The summed E-state index contributed by atoms with van der Waals surface area (Å²) in [6.45, 7) is 0.213. The van der Waals surface area contributed by atoms with Crippen molar-refractivity contribution in [3.05, 3.63) is 83.6 Å². The van der Waals surface area contributed by atoms with Gasteiger partial charge in [0.1, 0.15) is 11.4 Å². The van der Waals surface area contributed by atoms with Gasteiger partial charge in [-0.25, -0.2) is 0 Å². The average molecular weight is 436 g/mol. The number of nitrogens with zero attached hydrogens (tertiary/aromatic N) is 1. The quantitative estimate of drug-likeness (QED) is 0.456. The second-order valence-corrected chi connectivity index (χ2v) is 7.87. The van der Waals surface area contributed by atoms with E-state index in [1.54, 1.807) is 53.4 Å². The van der Waals surface area contributed by atoms with Gasteiger partial charge in [0.05, 0.1) is 9.92 Å². The van der Waals surface area contributed by atoms with Crippen molar-refractivity contribution in [1.82, 2.24) is 0 Å². The molecule has 0 unspecified atom stereocenters. The molecule has 0 radical (unpaired) electrons. The Morgan fingerprint density at radius 2 is 1.79 bits per heavy atom. The second-order valence-electron chi connectivity index (χ2n) is 6.11. The molecule has 2 aromatic carbocycles. The van der Waals surface area contributed by atoms with Gasteiger partial charge in [-0.2, -0.15) is 13.0 Å². The van der Waals surface area contributed by atoms with Crippen molar-refractivity contribution in [2.45, 2.75) is 11.4 Å². The van der Waals surface area contributed by atoms with Gasteiger partial charge in [0.25, 0.3) is 5.91 Å². The summed E-state index contributed by atoms with van der Waals surface area (Å²) in [6, 6.07) is 15.8. The van der Waals surface area contributed by atoms with E-state index in [0.29, 0.717) is 23.0 Å². The lowest BCUT2D eigenvalue weighted by Gasteiger charge is -2.08. The Hall–Kier alpha value is -2.97. The van der Waals surface area contributed by atoms with Gasteiger partial charge in [-0.1, -0.05) is 35.9 Å². The standard InChI is InChI=1S/C20H16ClFN2O4S/c21-18-5-1-2-6-19(18)28-14-20(25)23-16-4-3-11-24(13-16)12-15-7-9-17(10-8-15)29(22,26)27/h1-11,13H,12,14H2/p+1. The summed E-state index contributed by atoms with van der Waals surface area (Å²) in [7, 11) is -4.72. The maximum atomic E-state index is 13.0. The molecule has 0 aliphatic heterocycles. The number of nitrogens with one attached hydrogen (secondary N) is 1. The van der Waals surface area contributed by atoms with E-state index in [1.165, 1.54) is 24.3 Å². The highest BCUT2D eigenvalue weighted by molar-refractivity contribution is 7.86. The van der Waals surface area contributed by atoms with E-state index in [9.17, 15) is 17.1 Å². The van der Waals surface area contributed by atoms with E-state index in [2.05, 4.69) is 5.32 Å². The fraction of sp³-hybridized carbons (Fsp3) is 0.100. The number of carbonyl (C=O) groups excluding carboxylic acids is 1. The maximum absolute atomic E-state index is 13.0. The number of anilines is 1. The van der Waals surface area contributed by atoms with Gasteiger partial charge in [0.2, 0.25) is 0 Å². The highest BCUT2D eigenvalue weighted by Crippen LogP contribution is 2.22. The zero-order chi connectivity index (χ0) is 20.9. The lowest BCUT2D eigenvalue weighted by Crippen LogP contribution is -2.34. The molecular formula is C20H17ClFN2O4S+. The Bertz CT molecular complexity index is 1120. The summed E-state index contributed by atoms with van der Waals surface area (Å²) in [5.74, 6) is 0.0753. The van der Waals surface area contributed by atoms with Crippen LogP contribution in [0.2, 0.25) is 5.02 Å². The molecule has 3 aromatic rings. The fourth-order valence-electron chi connectivity index (χ4n) is 2.56. The van der Waals surface area contributed by atoms with Crippen LogP contribution in [0.15, 0.2) is 78.0 Å². The largest absolute Gasteiger partial charge is 0.482 e. The third-order valence-corrected chi connectivity index (χ3v) is 5.05. The third-order valence-electron chi connectivity index (χ3n) is 3.91. The van der Waals surface area contributed by atoms with Crippen LogP contribution in [0.5, 0.6) is 5.75 Å². The van der Waals surface area contributed by atoms with Gasteiger partial charge >= 0.3 is 10.2 Å². The Labute approximate surface area is 172 Å². The summed E-state index contributed by atoms with van der Waals surface area (Å²) in [5, 5.41) is 3.15. The van der Waals surface area contributed by atoms with Crippen LogP contribution in [0.25, 0.3) is 0 Å². The third kappa shape index (κ3) is 6.00. The van der Waals surface area contributed by atoms with E-state index in [0.717, 1.165) is 5.56 Å². The number of aromatic nitrogens is 1. The minimum absolute atomic E-state index is 0.197. The van der Waals surface area contributed by atoms with E-state index >= 15 is 0 Å². The summed E-state index contributed by atoms with van der Waals surface area (Å²) < 4.78 is 41.9. The second kappa shape index (κ2) is 9.02. The van der Waals surface area contributed by atoms with Gasteiger partial charge in [0.15, 0.2) is 25.5 Å². The number of halogens is 2. The van der Waals surface area contributed by atoms with Crippen molar-refractivity contribution in [2.24, 2.45) is 0 Å². The minimum Gasteiger partial charge on any atom is -0.482 e. The van der Waals surface area contributed by atoms with E-state index in [1.807, 2.05) is 0 Å². The molecule has 0 spiro atoms. The lowest BCUT2D eigenvalue weighted by molar-refractivity contribution is -0.687. The van der Waals surface area contributed by atoms with Gasteiger partial charge in [-0.3, -0.25) is 4.79 Å². The van der Waals surface area contributed by atoms with Crippen molar-refractivity contribution in [1.29, 1.82) is 0 Å². The van der Waals surface area contributed by atoms with Crippen molar-refractivity contribution in [3.8, 4) is 5.75 Å². The predicted molar refractivity (Wildman–Crippen MR) is 106 cm³/mol. The number of benzene rings is 2. The normalized spacial score (nSPS) is 11.1. The van der Waals surface area contributed by atoms with E-state index in [-0.39, 0.29) is 17.4 Å². The highest BCUT2D eigenvalue weighted by Gasteiger charge is 2.13. The zero-order valence-corrected chi connectivity index (χ0v) is 16.7. The van der Waals surface area contributed by atoms with Crippen molar-refractivity contribution < 1.29 is 26.4 Å². The highest BCUT2D eigenvalue weighted by atomic mass is 35.5. The first-order valence-corrected chi connectivity index (χ1v) is 10.3. The number of rotatable bonds is 7. The summed E-state index contributed by atoms with van der Waals surface area (Å²) >= 11 is 5.99. The summed E-state index contributed by atoms with van der Waals surface area (Å²) in [6.07, 6.45) is 3.50. The molecule has 29 heavy (non-hydrogen) atoms. The molecule has 0 fully saturated rings. The Balaban J connectivity index is 1.60. The SMILES string of the molecule is O=C(COc1ccccc1Cl)Nc1ccc[n+](Cc2ccc(S(=O)(=O)F)cc2)c1. The Kier molecular flexibility index (Phi) is 6.46. The molecule has 0 bridgehead atoms. The van der Waals surface area contributed by atoms with E-state index < -0.39 is 10.2 Å². The number of pyridine rings is 1. The zero-order valence-electron chi connectivity index (χ0n) is 15.1. The van der Waals surface area contributed by atoms with Crippen molar-refractivity contribution >= 4 is 33.4 Å². The molecule has 150 valence electrons.